The molecule has 1 aliphatic rings. The van der Waals surface area contributed by atoms with E-state index in [2.05, 4.69) is 6.92 Å². The number of aryl methyl sites for hydroxylation is 1. The third-order valence-corrected chi connectivity index (χ3v) is 6.82. The predicted molar refractivity (Wildman–Crippen MR) is 117 cm³/mol. The number of aliphatic hydroxyl groups is 4. The summed E-state index contributed by atoms with van der Waals surface area (Å²) in [5.74, 6) is -0.0378. The molecule has 0 unspecified atom stereocenters. The van der Waals surface area contributed by atoms with Crippen LogP contribution in [0.25, 0.3) is 0 Å². The summed E-state index contributed by atoms with van der Waals surface area (Å²) in [6.07, 6.45) is -2.64. The highest BCUT2D eigenvalue weighted by atomic mass is 32.2. The second-order valence-electron chi connectivity index (χ2n) is 7.48. The van der Waals surface area contributed by atoms with E-state index in [1.807, 2.05) is 24.3 Å². The standard InChI is InChI=1S/C23H28O7S/c1-3-13-4-6-14(7-5-13)10-16-11-15(22(28)29-2)8-9-17(16)30-23-21(27)20(26)19(25)18(12-24)31-23/h4-9,11,18-21,23-27H,3,10,12H2,1-2H3/t18-,19-,20+,21-,23-/m1/s1. The fraction of sp³-hybridized carbons (Fsp3) is 0.435. The van der Waals surface area contributed by atoms with Gasteiger partial charge in [-0.05, 0) is 41.3 Å². The van der Waals surface area contributed by atoms with Gasteiger partial charge in [-0.25, -0.2) is 4.79 Å². The summed E-state index contributed by atoms with van der Waals surface area (Å²) in [5, 5.41) is 39.3. The quantitative estimate of drug-likeness (QED) is 0.471. The molecule has 4 N–H and O–H groups in total. The van der Waals surface area contributed by atoms with Crippen LogP contribution in [-0.4, -0.2) is 69.1 Å². The SMILES string of the molecule is CCc1ccc(Cc2cc(C(=O)OC)ccc2O[C@@H]2S[C@H](CO)[C@@H](O)[C@H](O)[C@H]2O)cc1. The summed E-state index contributed by atoms with van der Waals surface area (Å²) in [4.78, 5) is 12.0. The predicted octanol–water partition coefficient (Wildman–Crippen LogP) is 1.52. The summed E-state index contributed by atoms with van der Waals surface area (Å²) in [6, 6.07) is 13.0. The van der Waals surface area contributed by atoms with E-state index in [-0.39, 0.29) is 6.61 Å². The van der Waals surface area contributed by atoms with Crippen LogP contribution in [0.5, 0.6) is 5.75 Å². The lowest BCUT2D eigenvalue weighted by Gasteiger charge is -2.39. The fourth-order valence-corrected chi connectivity index (χ4v) is 4.71. The maximum atomic E-state index is 12.0. The highest BCUT2D eigenvalue weighted by Gasteiger charge is 2.44. The summed E-state index contributed by atoms with van der Waals surface area (Å²) in [5.41, 5.74) is 2.41. The number of thioether (sulfide) groups is 1. The van der Waals surface area contributed by atoms with Gasteiger partial charge in [0.1, 0.15) is 18.0 Å². The van der Waals surface area contributed by atoms with E-state index in [0.717, 1.165) is 23.7 Å². The van der Waals surface area contributed by atoms with E-state index < -0.39 is 35.0 Å². The first-order valence-corrected chi connectivity index (χ1v) is 11.1. The summed E-state index contributed by atoms with van der Waals surface area (Å²) >= 11 is 1.06. The van der Waals surface area contributed by atoms with Crippen molar-refractivity contribution in [2.45, 2.75) is 48.8 Å². The third-order valence-electron chi connectivity index (χ3n) is 5.40. The van der Waals surface area contributed by atoms with Gasteiger partial charge in [0.15, 0.2) is 5.44 Å². The van der Waals surface area contributed by atoms with Gasteiger partial charge in [0, 0.05) is 6.42 Å². The topological polar surface area (TPSA) is 116 Å². The Labute approximate surface area is 185 Å². The van der Waals surface area contributed by atoms with Crippen molar-refractivity contribution in [3.63, 3.8) is 0 Å². The lowest BCUT2D eigenvalue weighted by molar-refractivity contribution is -0.0910. The van der Waals surface area contributed by atoms with Gasteiger partial charge in [0.05, 0.1) is 30.6 Å². The average molecular weight is 449 g/mol. The lowest BCUT2D eigenvalue weighted by atomic mass is 10.00. The summed E-state index contributed by atoms with van der Waals surface area (Å²) < 4.78 is 10.8. The Morgan fingerprint density at radius 3 is 2.29 bits per heavy atom. The van der Waals surface area contributed by atoms with Gasteiger partial charge in [-0.15, -0.1) is 11.8 Å². The van der Waals surface area contributed by atoms with Crippen molar-refractivity contribution >= 4 is 17.7 Å². The summed E-state index contributed by atoms with van der Waals surface area (Å²) in [7, 11) is 1.31. The van der Waals surface area contributed by atoms with Crippen LogP contribution in [0.4, 0.5) is 0 Å². The number of aliphatic hydroxyl groups excluding tert-OH is 4. The number of rotatable bonds is 7. The van der Waals surface area contributed by atoms with Crippen LogP contribution in [0.1, 0.15) is 34.0 Å². The zero-order chi connectivity index (χ0) is 22.5. The monoisotopic (exact) mass is 448 g/mol. The molecule has 0 saturated carbocycles. The van der Waals surface area contributed by atoms with Crippen molar-refractivity contribution in [3.05, 3.63) is 64.7 Å². The molecule has 0 aliphatic carbocycles. The van der Waals surface area contributed by atoms with E-state index in [1.165, 1.54) is 12.7 Å². The highest BCUT2D eigenvalue weighted by Crippen LogP contribution is 2.36. The second-order valence-corrected chi connectivity index (χ2v) is 8.82. The molecule has 0 spiro atoms. The van der Waals surface area contributed by atoms with E-state index in [4.69, 9.17) is 9.47 Å². The van der Waals surface area contributed by atoms with Gasteiger partial charge in [0.25, 0.3) is 0 Å². The molecule has 2 aromatic carbocycles. The molecule has 1 fully saturated rings. The van der Waals surface area contributed by atoms with Crippen molar-refractivity contribution in [1.82, 2.24) is 0 Å². The zero-order valence-corrected chi connectivity index (χ0v) is 18.3. The molecule has 0 amide bonds. The number of esters is 1. The molecule has 8 heteroatoms. The Bertz CT molecular complexity index is 884. The maximum absolute atomic E-state index is 12.0. The fourth-order valence-electron chi connectivity index (χ4n) is 3.48. The highest BCUT2D eigenvalue weighted by molar-refractivity contribution is 8.00. The first kappa shape index (κ1) is 23.6. The number of ether oxygens (including phenoxy) is 2. The van der Waals surface area contributed by atoms with Crippen LogP contribution < -0.4 is 4.74 Å². The molecule has 2 aromatic rings. The smallest absolute Gasteiger partial charge is 0.337 e. The Balaban J connectivity index is 1.90. The Kier molecular flexibility index (Phi) is 7.96. The van der Waals surface area contributed by atoms with E-state index in [9.17, 15) is 25.2 Å². The molecule has 1 saturated heterocycles. The first-order chi connectivity index (χ1) is 14.9. The van der Waals surface area contributed by atoms with Crippen molar-refractivity contribution in [3.8, 4) is 5.75 Å². The number of carbonyl (C=O) groups excluding carboxylic acids is 1. The van der Waals surface area contributed by atoms with Gasteiger partial charge in [-0.2, -0.15) is 0 Å². The maximum Gasteiger partial charge on any atom is 0.337 e. The lowest BCUT2D eigenvalue weighted by Crippen LogP contribution is -2.55. The number of benzene rings is 2. The van der Waals surface area contributed by atoms with Crippen molar-refractivity contribution < 1.29 is 34.7 Å². The molecule has 7 nitrogen and oxygen atoms in total. The largest absolute Gasteiger partial charge is 0.477 e. The van der Waals surface area contributed by atoms with E-state index >= 15 is 0 Å². The van der Waals surface area contributed by atoms with Gasteiger partial charge in [-0.3, -0.25) is 0 Å². The summed E-state index contributed by atoms with van der Waals surface area (Å²) in [6.45, 7) is 1.71. The minimum absolute atomic E-state index is 0.368. The molecule has 0 aromatic heterocycles. The first-order valence-electron chi connectivity index (χ1n) is 10.1. The second kappa shape index (κ2) is 10.5. The number of hydrogen-bond acceptors (Lipinski definition) is 8. The minimum Gasteiger partial charge on any atom is -0.477 e. The van der Waals surface area contributed by atoms with Crippen LogP contribution in [0, 0.1) is 0 Å². The zero-order valence-electron chi connectivity index (χ0n) is 17.5. The molecule has 1 aliphatic heterocycles. The van der Waals surface area contributed by atoms with Crippen molar-refractivity contribution in [2.75, 3.05) is 13.7 Å². The number of carbonyl (C=O) groups is 1. The van der Waals surface area contributed by atoms with Gasteiger partial charge < -0.3 is 29.9 Å². The van der Waals surface area contributed by atoms with Crippen molar-refractivity contribution in [1.29, 1.82) is 0 Å². The van der Waals surface area contributed by atoms with Gasteiger partial charge >= 0.3 is 5.97 Å². The van der Waals surface area contributed by atoms with Crippen LogP contribution >= 0.6 is 11.8 Å². The molecule has 3 rings (SSSR count). The third kappa shape index (κ3) is 5.39. The van der Waals surface area contributed by atoms with Gasteiger partial charge in [-0.1, -0.05) is 31.2 Å². The molecule has 168 valence electrons. The van der Waals surface area contributed by atoms with Gasteiger partial charge in [0.2, 0.25) is 0 Å². The minimum atomic E-state index is -1.44. The molecule has 5 atom stereocenters. The van der Waals surface area contributed by atoms with Crippen LogP contribution in [-0.2, 0) is 17.6 Å². The van der Waals surface area contributed by atoms with Crippen LogP contribution in [0.15, 0.2) is 42.5 Å². The molecule has 0 radical (unpaired) electrons. The molecule has 1 heterocycles. The molecule has 0 bridgehead atoms. The average Bonchev–Trinajstić information content (AvgIpc) is 2.80. The number of methoxy groups -OCH3 is 1. The Hall–Kier alpha value is -2.10. The molecular formula is C23H28O7S. The van der Waals surface area contributed by atoms with Crippen molar-refractivity contribution in [2.24, 2.45) is 0 Å². The number of hydrogen-bond donors (Lipinski definition) is 4. The van der Waals surface area contributed by atoms with Crippen LogP contribution in [0.2, 0.25) is 0 Å². The van der Waals surface area contributed by atoms with E-state index in [1.54, 1.807) is 18.2 Å². The normalized spacial score (nSPS) is 25.8. The molecule has 31 heavy (non-hydrogen) atoms. The van der Waals surface area contributed by atoms with Crippen LogP contribution in [0.3, 0.4) is 0 Å². The Morgan fingerprint density at radius 1 is 1.00 bits per heavy atom. The Morgan fingerprint density at radius 2 is 1.68 bits per heavy atom. The van der Waals surface area contributed by atoms with E-state index in [0.29, 0.717) is 23.3 Å². The molecular weight excluding hydrogens is 420 g/mol.